The molecule has 2 aromatic carbocycles. The van der Waals surface area contributed by atoms with Gasteiger partial charge in [0.1, 0.15) is 23.3 Å². The summed E-state index contributed by atoms with van der Waals surface area (Å²) in [7, 11) is 3.01. The number of para-hydroxylation sites is 1. The summed E-state index contributed by atoms with van der Waals surface area (Å²) in [6, 6.07) is 14.0. The summed E-state index contributed by atoms with van der Waals surface area (Å²) in [6.07, 6.45) is 2.79. The molecule has 0 aliphatic carbocycles. The predicted octanol–water partition coefficient (Wildman–Crippen LogP) is 4.49. The number of nitrogens with one attached hydrogen (secondary N) is 1. The molecule has 0 atom stereocenters. The van der Waals surface area contributed by atoms with E-state index in [1.54, 1.807) is 42.6 Å². The molecule has 0 aliphatic heterocycles. The molecule has 2 aromatic heterocycles. The van der Waals surface area contributed by atoms with Crippen LogP contribution in [-0.2, 0) is 0 Å². The second-order valence-corrected chi connectivity index (χ2v) is 6.26. The van der Waals surface area contributed by atoms with Crippen LogP contribution in [0.5, 0.6) is 23.1 Å². The Bertz CT molecular complexity index is 1260. The molecular weight excluding hydrogens is 402 g/mol. The van der Waals surface area contributed by atoms with Crippen LogP contribution in [0, 0.1) is 10.1 Å². The van der Waals surface area contributed by atoms with Crippen LogP contribution in [0.2, 0.25) is 0 Å². The molecule has 0 fully saturated rings. The van der Waals surface area contributed by atoms with Crippen LogP contribution >= 0.6 is 0 Å². The number of pyridine rings is 1. The highest BCUT2D eigenvalue weighted by molar-refractivity contribution is 5.84. The lowest BCUT2D eigenvalue weighted by molar-refractivity contribution is -0.385. The zero-order chi connectivity index (χ0) is 21.8. The van der Waals surface area contributed by atoms with Gasteiger partial charge in [-0.05, 0) is 24.3 Å². The van der Waals surface area contributed by atoms with Gasteiger partial charge < -0.3 is 19.5 Å². The first-order valence-corrected chi connectivity index (χ1v) is 9.10. The van der Waals surface area contributed by atoms with Crippen molar-refractivity contribution < 1.29 is 19.1 Å². The van der Waals surface area contributed by atoms with Crippen LogP contribution < -0.4 is 19.5 Å². The summed E-state index contributed by atoms with van der Waals surface area (Å²) >= 11 is 0. The Balaban J connectivity index is 1.77. The fourth-order valence-corrected chi connectivity index (χ4v) is 3.00. The third-order valence-corrected chi connectivity index (χ3v) is 4.43. The first-order valence-electron chi connectivity index (χ1n) is 9.10. The maximum atomic E-state index is 11.9. The Kier molecular flexibility index (Phi) is 5.43. The lowest BCUT2D eigenvalue weighted by Crippen LogP contribution is -2.04. The minimum absolute atomic E-state index is 0.0604. The van der Waals surface area contributed by atoms with E-state index in [4.69, 9.17) is 14.2 Å². The van der Waals surface area contributed by atoms with Crippen LogP contribution in [0.3, 0.4) is 0 Å². The lowest BCUT2D eigenvalue weighted by atomic mass is 10.2. The number of nitro groups is 1. The standard InChI is InChI=1S/C21H17N5O5/c1-29-14-8-9-16(30-2)15(11-14)25-20-19(26(27)28)21(24-12-23-20)31-17-7-3-5-13-6-4-10-22-18(13)17/h3-12H,1-2H3,(H,23,24,25). The van der Waals surface area contributed by atoms with E-state index in [1.165, 1.54) is 20.5 Å². The van der Waals surface area contributed by atoms with Crippen LogP contribution in [-0.4, -0.2) is 34.1 Å². The van der Waals surface area contributed by atoms with E-state index in [-0.39, 0.29) is 11.7 Å². The van der Waals surface area contributed by atoms with Gasteiger partial charge in [0.2, 0.25) is 5.82 Å². The van der Waals surface area contributed by atoms with E-state index in [0.29, 0.717) is 28.5 Å². The van der Waals surface area contributed by atoms with E-state index in [9.17, 15) is 10.1 Å². The van der Waals surface area contributed by atoms with Gasteiger partial charge in [0.15, 0.2) is 5.75 Å². The molecule has 10 heteroatoms. The number of ether oxygens (including phenoxy) is 3. The molecule has 4 aromatic rings. The minimum Gasteiger partial charge on any atom is -0.497 e. The largest absolute Gasteiger partial charge is 0.497 e. The summed E-state index contributed by atoms with van der Waals surface area (Å²) in [4.78, 5) is 23.6. The highest BCUT2D eigenvalue weighted by Crippen LogP contribution is 2.39. The predicted molar refractivity (Wildman–Crippen MR) is 113 cm³/mol. The third kappa shape index (κ3) is 3.99. The number of benzene rings is 2. The number of hydrogen-bond donors (Lipinski definition) is 1. The van der Waals surface area contributed by atoms with Gasteiger partial charge in [-0.15, -0.1) is 0 Å². The van der Waals surface area contributed by atoms with Crippen molar-refractivity contribution in [1.82, 2.24) is 15.0 Å². The average Bonchev–Trinajstić information content (AvgIpc) is 2.79. The molecule has 0 aliphatic rings. The Labute approximate surface area is 176 Å². The highest BCUT2D eigenvalue weighted by Gasteiger charge is 2.26. The number of hydrogen-bond acceptors (Lipinski definition) is 9. The van der Waals surface area contributed by atoms with E-state index >= 15 is 0 Å². The molecule has 0 spiro atoms. The van der Waals surface area contributed by atoms with Crippen LogP contribution in [0.4, 0.5) is 17.2 Å². The molecule has 0 saturated carbocycles. The maximum absolute atomic E-state index is 11.9. The topological polar surface area (TPSA) is 122 Å². The monoisotopic (exact) mass is 419 g/mol. The lowest BCUT2D eigenvalue weighted by Gasteiger charge is -2.13. The van der Waals surface area contributed by atoms with Crippen molar-refractivity contribution in [3.05, 3.63) is 71.2 Å². The zero-order valence-corrected chi connectivity index (χ0v) is 16.6. The van der Waals surface area contributed by atoms with Crippen LogP contribution in [0.25, 0.3) is 10.9 Å². The van der Waals surface area contributed by atoms with E-state index in [0.717, 1.165) is 5.39 Å². The minimum atomic E-state index is -0.608. The average molecular weight is 419 g/mol. The summed E-state index contributed by atoms with van der Waals surface area (Å²) in [6.45, 7) is 0. The van der Waals surface area contributed by atoms with E-state index in [2.05, 4.69) is 20.3 Å². The first kappa shape index (κ1) is 19.8. The quantitative estimate of drug-likeness (QED) is 0.341. The summed E-state index contributed by atoms with van der Waals surface area (Å²) < 4.78 is 16.4. The Morgan fingerprint density at radius 1 is 0.968 bits per heavy atom. The number of fused-ring (bicyclic) bond motifs is 1. The highest BCUT2D eigenvalue weighted by atomic mass is 16.6. The number of anilines is 2. The number of aromatic nitrogens is 3. The van der Waals surface area contributed by atoms with Crippen molar-refractivity contribution in [3.63, 3.8) is 0 Å². The summed E-state index contributed by atoms with van der Waals surface area (Å²) in [5, 5.41) is 15.6. The molecule has 0 amide bonds. The van der Waals surface area contributed by atoms with Crippen molar-refractivity contribution in [3.8, 4) is 23.1 Å². The number of methoxy groups -OCH3 is 2. The van der Waals surface area contributed by atoms with E-state index in [1.807, 2.05) is 12.1 Å². The third-order valence-electron chi connectivity index (χ3n) is 4.43. The Hall–Kier alpha value is -4.47. The Morgan fingerprint density at radius 3 is 2.58 bits per heavy atom. The molecule has 31 heavy (non-hydrogen) atoms. The van der Waals surface area contributed by atoms with Gasteiger partial charge in [0, 0.05) is 17.6 Å². The molecule has 0 unspecified atom stereocenters. The molecule has 156 valence electrons. The van der Waals surface area contributed by atoms with Gasteiger partial charge in [0.05, 0.1) is 24.8 Å². The van der Waals surface area contributed by atoms with Crippen molar-refractivity contribution in [1.29, 1.82) is 0 Å². The maximum Gasteiger partial charge on any atom is 0.373 e. The second-order valence-electron chi connectivity index (χ2n) is 6.26. The number of rotatable bonds is 7. The van der Waals surface area contributed by atoms with Crippen LogP contribution in [0.15, 0.2) is 61.1 Å². The van der Waals surface area contributed by atoms with Gasteiger partial charge in [-0.25, -0.2) is 4.98 Å². The first-order chi connectivity index (χ1) is 15.1. The summed E-state index contributed by atoms with van der Waals surface area (Å²) in [5.74, 6) is 1.05. The molecule has 1 N–H and O–H groups in total. The Morgan fingerprint density at radius 2 is 1.81 bits per heavy atom. The zero-order valence-electron chi connectivity index (χ0n) is 16.6. The summed E-state index contributed by atoms with van der Waals surface area (Å²) in [5.41, 5.74) is 0.559. The SMILES string of the molecule is COc1ccc(OC)c(Nc2ncnc(Oc3cccc4cccnc34)c2[N+](=O)[O-])c1. The van der Waals surface area contributed by atoms with Crippen molar-refractivity contribution in [2.45, 2.75) is 0 Å². The second kappa shape index (κ2) is 8.49. The molecule has 0 bridgehead atoms. The van der Waals surface area contributed by atoms with Gasteiger partial charge in [-0.3, -0.25) is 15.1 Å². The van der Waals surface area contributed by atoms with Crippen molar-refractivity contribution >= 4 is 28.1 Å². The normalized spacial score (nSPS) is 10.5. The number of nitrogens with zero attached hydrogens (tertiary/aromatic N) is 4. The van der Waals surface area contributed by atoms with Crippen molar-refractivity contribution in [2.75, 3.05) is 19.5 Å². The fraction of sp³-hybridized carbons (Fsp3) is 0.0952. The van der Waals surface area contributed by atoms with Gasteiger partial charge in [0.25, 0.3) is 0 Å². The van der Waals surface area contributed by atoms with Gasteiger partial charge in [-0.1, -0.05) is 18.2 Å². The molecule has 2 heterocycles. The van der Waals surface area contributed by atoms with Crippen LogP contribution in [0.1, 0.15) is 0 Å². The van der Waals surface area contributed by atoms with Gasteiger partial charge in [-0.2, -0.15) is 4.98 Å². The molecular formula is C21H17N5O5. The van der Waals surface area contributed by atoms with Gasteiger partial charge >= 0.3 is 11.6 Å². The molecule has 4 rings (SSSR count). The molecule has 0 radical (unpaired) electrons. The fourth-order valence-electron chi connectivity index (χ4n) is 3.00. The molecule has 0 saturated heterocycles. The molecule has 10 nitrogen and oxygen atoms in total. The van der Waals surface area contributed by atoms with Crippen molar-refractivity contribution in [2.24, 2.45) is 0 Å². The van der Waals surface area contributed by atoms with E-state index < -0.39 is 10.6 Å². The smallest absolute Gasteiger partial charge is 0.373 e.